The second-order valence-corrected chi connectivity index (χ2v) is 7.54. The minimum Gasteiger partial charge on any atom is -0.348 e. The van der Waals surface area contributed by atoms with Crippen LogP contribution < -0.4 is 9.62 Å². The minimum atomic E-state index is -3.64. The molecule has 2 aromatic rings. The van der Waals surface area contributed by atoms with Gasteiger partial charge in [0.15, 0.2) is 0 Å². The third-order valence-electron chi connectivity index (χ3n) is 3.65. The molecule has 25 heavy (non-hydrogen) atoms. The molecule has 0 aliphatic carbocycles. The average molecular weight is 357 g/mol. The van der Waals surface area contributed by atoms with E-state index < -0.39 is 15.9 Å². The van der Waals surface area contributed by atoms with Crippen molar-refractivity contribution in [3.63, 3.8) is 0 Å². The first kappa shape index (κ1) is 18.5. The van der Waals surface area contributed by atoms with Gasteiger partial charge in [-0.05, 0) is 36.8 Å². The van der Waals surface area contributed by atoms with Crippen LogP contribution in [0.3, 0.4) is 0 Å². The zero-order valence-electron chi connectivity index (χ0n) is 14.0. The summed E-state index contributed by atoms with van der Waals surface area (Å²) < 4.78 is 25.1. The molecule has 1 amide bonds. The highest BCUT2D eigenvalue weighted by Crippen LogP contribution is 2.18. The van der Waals surface area contributed by atoms with Crippen LogP contribution in [-0.4, -0.2) is 27.1 Å². The average Bonchev–Trinajstić information content (AvgIpc) is 2.59. The van der Waals surface area contributed by atoms with E-state index in [-0.39, 0.29) is 12.6 Å². The van der Waals surface area contributed by atoms with Crippen molar-refractivity contribution in [1.29, 1.82) is 5.26 Å². The molecule has 130 valence electrons. The molecule has 0 saturated carbocycles. The maximum Gasteiger partial charge on any atom is 0.241 e. The Bertz CT molecular complexity index is 872. The number of sulfonamides is 1. The van der Waals surface area contributed by atoms with Crippen molar-refractivity contribution in [2.75, 3.05) is 17.1 Å². The van der Waals surface area contributed by atoms with Crippen LogP contribution >= 0.6 is 0 Å². The van der Waals surface area contributed by atoms with Crippen molar-refractivity contribution in [3.05, 3.63) is 65.7 Å². The molecule has 0 bridgehead atoms. The van der Waals surface area contributed by atoms with Crippen molar-refractivity contribution in [3.8, 4) is 6.07 Å². The molecule has 2 rings (SSSR count). The third kappa shape index (κ3) is 5.06. The fourth-order valence-corrected chi connectivity index (χ4v) is 3.20. The smallest absolute Gasteiger partial charge is 0.241 e. The number of nitriles is 1. The fourth-order valence-electron chi connectivity index (χ4n) is 2.34. The number of carbonyl (C=O) groups is 1. The van der Waals surface area contributed by atoms with Crippen LogP contribution in [0, 0.1) is 11.3 Å². The SMILES string of the molecule is CC(NC(=O)CN(c1ccc(C#N)cc1)S(C)(=O)=O)c1ccccc1. The lowest BCUT2D eigenvalue weighted by Crippen LogP contribution is -2.41. The van der Waals surface area contributed by atoms with Gasteiger partial charge in [-0.25, -0.2) is 8.42 Å². The lowest BCUT2D eigenvalue weighted by atomic mass is 10.1. The zero-order chi connectivity index (χ0) is 18.4. The van der Waals surface area contributed by atoms with Gasteiger partial charge in [0.1, 0.15) is 6.54 Å². The second kappa shape index (κ2) is 7.81. The molecule has 6 nitrogen and oxygen atoms in total. The number of nitrogens with zero attached hydrogens (tertiary/aromatic N) is 2. The van der Waals surface area contributed by atoms with Gasteiger partial charge in [-0.1, -0.05) is 30.3 Å². The largest absolute Gasteiger partial charge is 0.348 e. The van der Waals surface area contributed by atoms with Crippen LogP contribution in [0.4, 0.5) is 5.69 Å². The van der Waals surface area contributed by atoms with Crippen LogP contribution in [-0.2, 0) is 14.8 Å². The Hall–Kier alpha value is -2.85. The van der Waals surface area contributed by atoms with Crippen LogP contribution in [0.25, 0.3) is 0 Å². The maximum absolute atomic E-state index is 12.3. The van der Waals surface area contributed by atoms with E-state index in [9.17, 15) is 13.2 Å². The van der Waals surface area contributed by atoms with Gasteiger partial charge in [-0.3, -0.25) is 9.10 Å². The standard InChI is InChI=1S/C18H19N3O3S/c1-14(16-6-4-3-5-7-16)20-18(22)13-21(25(2,23)24)17-10-8-15(12-19)9-11-17/h3-11,14H,13H2,1-2H3,(H,20,22). The first-order chi connectivity index (χ1) is 11.8. The van der Waals surface area contributed by atoms with Gasteiger partial charge >= 0.3 is 0 Å². The van der Waals surface area contributed by atoms with Crippen molar-refractivity contribution in [1.82, 2.24) is 5.32 Å². The summed E-state index contributed by atoms with van der Waals surface area (Å²) in [6, 6.07) is 17.2. The summed E-state index contributed by atoms with van der Waals surface area (Å²) in [6.45, 7) is 1.50. The molecule has 2 aromatic carbocycles. The molecule has 1 N–H and O–H groups in total. The molecule has 0 aliphatic rings. The molecule has 0 aliphatic heterocycles. The number of anilines is 1. The first-order valence-electron chi connectivity index (χ1n) is 7.63. The van der Waals surface area contributed by atoms with E-state index in [1.807, 2.05) is 43.3 Å². The van der Waals surface area contributed by atoms with Crippen LogP contribution in [0.5, 0.6) is 0 Å². The molecule has 0 fully saturated rings. The Balaban J connectivity index is 2.14. The van der Waals surface area contributed by atoms with Gasteiger partial charge in [-0.2, -0.15) is 5.26 Å². The Morgan fingerprint density at radius 2 is 1.76 bits per heavy atom. The number of nitrogens with one attached hydrogen (secondary N) is 1. The van der Waals surface area contributed by atoms with Crippen molar-refractivity contribution < 1.29 is 13.2 Å². The monoisotopic (exact) mass is 357 g/mol. The normalized spacial score (nSPS) is 12.0. The van der Waals surface area contributed by atoms with Crippen LogP contribution in [0.2, 0.25) is 0 Å². The highest BCUT2D eigenvalue weighted by atomic mass is 32.2. The number of amides is 1. The molecular weight excluding hydrogens is 338 g/mol. The molecule has 7 heteroatoms. The zero-order valence-corrected chi connectivity index (χ0v) is 14.8. The van der Waals surface area contributed by atoms with Gasteiger partial charge in [0, 0.05) is 0 Å². The Morgan fingerprint density at radius 1 is 1.16 bits per heavy atom. The van der Waals surface area contributed by atoms with Gasteiger partial charge in [0.25, 0.3) is 0 Å². The quantitative estimate of drug-likeness (QED) is 0.858. The first-order valence-corrected chi connectivity index (χ1v) is 9.48. The lowest BCUT2D eigenvalue weighted by molar-refractivity contribution is -0.120. The Labute approximate surface area is 147 Å². The van der Waals surface area contributed by atoms with Crippen molar-refractivity contribution in [2.45, 2.75) is 13.0 Å². The molecule has 0 radical (unpaired) electrons. The topological polar surface area (TPSA) is 90.3 Å². The number of hydrogen-bond donors (Lipinski definition) is 1. The van der Waals surface area contributed by atoms with E-state index in [1.54, 1.807) is 0 Å². The summed E-state index contributed by atoms with van der Waals surface area (Å²) in [4.78, 5) is 12.3. The lowest BCUT2D eigenvalue weighted by Gasteiger charge is -2.23. The predicted molar refractivity (Wildman–Crippen MR) is 96.3 cm³/mol. The summed E-state index contributed by atoms with van der Waals surface area (Å²) in [6.07, 6.45) is 1.04. The predicted octanol–water partition coefficient (Wildman–Crippen LogP) is 2.20. The number of rotatable bonds is 6. The molecule has 1 atom stereocenters. The highest BCUT2D eigenvalue weighted by molar-refractivity contribution is 7.92. The van der Waals surface area contributed by atoms with Gasteiger partial charge in [-0.15, -0.1) is 0 Å². The van der Waals surface area contributed by atoms with Gasteiger partial charge in [0.2, 0.25) is 15.9 Å². The molecule has 0 aromatic heterocycles. The summed E-state index contributed by atoms with van der Waals surface area (Å²) in [5.41, 5.74) is 1.68. The van der Waals surface area contributed by atoms with E-state index in [0.717, 1.165) is 16.1 Å². The van der Waals surface area contributed by atoms with Gasteiger partial charge in [0.05, 0.1) is 29.6 Å². The number of hydrogen-bond acceptors (Lipinski definition) is 4. The van der Waals surface area contributed by atoms with Crippen molar-refractivity contribution >= 4 is 21.6 Å². The van der Waals surface area contributed by atoms with E-state index >= 15 is 0 Å². The van der Waals surface area contributed by atoms with Crippen LogP contribution in [0.15, 0.2) is 54.6 Å². The Morgan fingerprint density at radius 3 is 2.28 bits per heavy atom. The molecule has 0 heterocycles. The molecular formula is C18H19N3O3S. The molecule has 0 spiro atoms. The fraction of sp³-hybridized carbons (Fsp3) is 0.222. The summed E-state index contributed by atoms with van der Waals surface area (Å²) in [5, 5.41) is 11.6. The van der Waals surface area contributed by atoms with Gasteiger partial charge < -0.3 is 5.32 Å². The summed E-state index contributed by atoms with van der Waals surface area (Å²) in [7, 11) is -3.64. The highest BCUT2D eigenvalue weighted by Gasteiger charge is 2.21. The minimum absolute atomic E-state index is 0.240. The van der Waals surface area contributed by atoms with E-state index in [1.165, 1.54) is 24.3 Å². The maximum atomic E-state index is 12.3. The molecule has 1 unspecified atom stereocenters. The number of carbonyl (C=O) groups excluding carboxylic acids is 1. The third-order valence-corrected chi connectivity index (χ3v) is 4.79. The van der Waals surface area contributed by atoms with E-state index in [0.29, 0.717) is 11.3 Å². The molecule has 0 saturated heterocycles. The Kier molecular flexibility index (Phi) is 5.78. The second-order valence-electron chi connectivity index (χ2n) is 5.63. The number of benzene rings is 2. The van der Waals surface area contributed by atoms with E-state index in [2.05, 4.69) is 5.32 Å². The van der Waals surface area contributed by atoms with Crippen LogP contribution in [0.1, 0.15) is 24.1 Å². The van der Waals surface area contributed by atoms with E-state index in [4.69, 9.17) is 5.26 Å². The summed E-state index contributed by atoms with van der Waals surface area (Å²) >= 11 is 0. The van der Waals surface area contributed by atoms with Crippen molar-refractivity contribution in [2.24, 2.45) is 0 Å². The summed E-state index contributed by atoms with van der Waals surface area (Å²) in [5.74, 6) is -0.411.